The van der Waals surface area contributed by atoms with Gasteiger partial charge in [0.05, 0.1) is 0 Å². The van der Waals surface area contributed by atoms with Gasteiger partial charge < -0.3 is 5.32 Å². The van der Waals surface area contributed by atoms with Gasteiger partial charge in [0.2, 0.25) is 0 Å². The third-order valence-corrected chi connectivity index (χ3v) is 5.57. The Hall–Kier alpha value is -0.0400. The average Bonchev–Trinajstić information content (AvgIpc) is 2.55. The van der Waals surface area contributed by atoms with Crippen molar-refractivity contribution in [1.82, 2.24) is 5.32 Å². The number of hydrogen-bond donors (Lipinski definition) is 1. The van der Waals surface area contributed by atoms with Crippen molar-refractivity contribution >= 4 is 0 Å². The third-order valence-electron chi connectivity index (χ3n) is 5.57. The van der Waals surface area contributed by atoms with Crippen LogP contribution in [0, 0.1) is 5.92 Å². The van der Waals surface area contributed by atoms with Crippen molar-refractivity contribution in [1.29, 1.82) is 0 Å². The molecule has 1 aliphatic carbocycles. The highest BCUT2D eigenvalue weighted by Crippen LogP contribution is 2.27. The zero-order chi connectivity index (χ0) is 13.9. The Bertz CT molecular complexity index is 204. The zero-order valence-electron chi connectivity index (χ0n) is 13.7. The van der Waals surface area contributed by atoms with E-state index in [9.17, 15) is 0 Å². The van der Waals surface area contributed by atoms with Gasteiger partial charge in [0.1, 0.15) is 0 Å². The lowest BCUT2D eigenvalue weighted by molar-refractivity contribution is 0.285. The molecule has 0 amide bonds. The summed E-state index contributed by atoms with van der Waals surface area (Å²) in [5.74, 6) is 0.978. The molecule has 1 nitrogen and oxygen atoms in total. The Balaban J connectivity index is 1.82. The summed E-state index contributed by atoms with van der Waals surface area (Å²) in [6.45, 7) is 1.28. The first-order valence-corrected chi connectivity index (χ1v) is 9.70. The van der Waals surface area contributed by atoms with Crippen LogP contribution in [0.3, 0.4) is 0 Å². The molecule has 0 spiro atoms. The van der Waals surface area contributed by atoms with E-state index in [0.29, 0.717) is 0 Å². The highest BCUT2D eigenvalue weighted by Gasteiger charge is 2.21. The minimum absolute atomic E-state index is 0.842. The van der Waals surface area contributed by atoms with Gasteiger partial charge in [-0.3, -0.25) is 0 Å². The van der Waals surface area contributed by atoms with E-state index >= 15 is 0 Å². The molecule has 1 heteroatoms. The van der Waals surface area contributed by atoms with Gasteiger partial charge >= 0.3 is 0 Å². The molecule has 0 aromatic rings. The first-order valence-electron chi connectivity index (χ1n) is 9.70. The summed E-state index contributed by atoms with van der Waals surface area (Å²) in [6, 6.07) is 0.842. The molecule has 1 aliphatic heterocycles. The molecule has 1 N–H and O–H groups in total. The van der Waals surface area contributed by atoms with Gasteiger partial charge in [0.15, 0.2) is 0 Å². The van der Waals surface area contributed by atoms with Gasteiger partial charge in [0, 0.05) is 6.04 Å². The number of rotatable bonds is 1. The topological polar surface area (TPSA) is 12.0 Å². The van der Waals surface area contributed by atoms with E-state index in [0.717, 1.165) is 12.0 Å². The van der Waals surface area contributed by atoms with Crippen molar-refractivity contribution < 1.29 is 0 Å². The van der Waals surface area contributed by atoms with Crippen LogP contribution in [0.15, 0.2) is 0 Å². The van der Waals surface area contributed by atoms with Crippen molar-refractivity contribution in [2.24, 2.45) is 5.92 Å². The lowest BCUT2D eigenvalue weighted by Gasteiger charge is -2.28. The maximum Gasteiger partial charge on any atom is 0.00953 e. The van der Waals surface area contributed by atoms with Crippen LogP contribution < -0.4 is 5.32 Å². The molecule has 1 saturated carbocycles. The minimum atomic E-state index is 0.842. The van der Waals surface area contributed by atoms with Crippen molar-refractivity contribution in [3.8, 4) is 0 Å². The second kappa shape index (κ2) is 10.7. The molecule has 2 rings (SSSR count). The summed E-state index contributed by atoms with van der Waals surface area (Å²) < 4.78 is 0. The van der Waals surface area contributed by atoms with E-state index in [4.69, 9.17) is 0 Å². The molecule has 1 atom stereocenters. The van der Waals surface area contributed by atoms with E-state index in [1.165, 1.54) is 109 Å². The molecule has 118 valence electrons. The van der Waals surface area contributed by atoms with Gasteiger partial charge in [-0.2, -0.15) is 0 Å². The molecule has 2 fully saturated rings. The molecule has 0 radical (unpaired) electrons. The molecular formula is C19H37N. The Labute approximate surface area is 127 Å². The highest BCUT2D eigenvalue weighted by molar-refractivity contribution is 4.78. The summed E-state index contributed by atoms with van der Waals surface area (Å²) in [5, 5.41) is 3.93. The first-order chi connectivity index (χ1) is 9.97. The molecule has 0 bridgehead atoms. The Morgan fingerprint density at radius 2 is 0.900 bits per heavy atom. The third kappa shape index (κ3) is 6.61. The summed E-state index contributed by atoms with van der Waals surface area (Å²) in [7, 11) is 0. The monoisotopic (exact) mass is 279 g/mol. The van der Waals surface area contributed by atoms with Crippen LogP contribution in [0.1, 0.15) is 103 Å². The minimum Gasteiger partial charge on any atom is -0.314 e. The molecule has 1 saturated heterocycles. The van der Waals surface area contributed by atoms with Crippen LogP contribution in [-0.2, 0) is 0 Å². The Morgan fingerprint density at radius 3 is 1.50 bits per heavy atom. The SMILES string of the molecule is C1CCCCCC(C2CCCCCCCN2)CCCC1. The second-order valence-electron chi connectivity index (χ2n) is 7.28. The largest absolute Gasteiger partial charge is 0.314 e. The fourth-order valence-corrected chi connectivity index (χ4v) is 4.23. The van der Waals surface area contributed by atoms with Gasteiger partial charge in [-0.25, -0.2) is 0 Å². The fraction of sp³-hybridized carbons (Fsp3) is 1.00. The smallest absolute Gasteiger partial charge is 0.00953 e. The zero-order valence-corrected chi connectivity index (χ0v) is 13.7. The van der Waals surface area contributed by atoms with Crippen LogP contribution in [0.5, 0.6) is 0 Å². The average molecular weight is 280 g/mol. The van der Waals surface area contributed by atoms with E-state index in [2.05, 4.69) is 5.32 Å². The number of nitrogens with one attached hydrogen (secondary N) is 1. The summed E-state index contributed by atoms with van der Waals surface area (Å²) in [4.78, 5) is 0. The summed E-state index contributed by atoms with van der Waals surface area (Å²) >= 11 is 0. The quantitative estimate of drug-likeness (QED) is 0.637. The van der Waals surface area contributed by atoms with E-state index in [1.807, 2.05) is 0 Å². The Morgan fingerprint density at radius 1 is 0.450 bits per heavy atom. The van der Waals surface area contributed by atoms with Crippen LogP contribution in [0.4, 0.5) is 0 Å². The van der Waals surface area contributed by atoms with Gasteiger partial charge in [-0.1, -0.05) is 77.0 Å². The van der Waals surface area contributed by atoms with Crippen molar-refractivity contribution in [2.75, 3.05) is 6.54 Å². The van der Waals surface area contributed by atoms with Gasteiger partial charge in [-0.15, -0.1) is 0 Å². The lowest BCUT2D eigenvalue weighted by Crippen LogP contribution is -2.36. The molecule has 1 unspecified atom stereocenters. The molecule has 20 heavy (non-hydrogen) atoms. The van der Waals surface area contributed by atoms with Gasteiger partial charge in [0.25, 0.3) is 0 Å². The first kappa shape index (κ1) is 16.3. The predicted molar refractivity (Wildman–Crippen MR) is 89.2 cm³/mol. The predicted octanol–water partition coefficient (Wildman–Crippen LogP) is 5.83. The van der Waals surface area contributed by atoms with Gasteiger partial charge in [-0.05, 0) is 38.1 Å². The maximum absolute atomic E-state index is 3.93. The molecule has 2 aliphatic rings. The fourth-order valence-electron chi connectivity index (χ4n) is 4.23. The molecule has 0 aromatic heterocycles. The molecular weight excluding hydrogens is 242 g/mol. The normalized spacial score (nSPS) is 29.7. The standard InChI is InChI=1S/C19H37N/c1-2-4-7-11-15-18(14-10-6-3-1)19-16-12-8-5-9-13-17-20-19/h18-20H,1-17H2. The second-order valence-corrected chi connectivity index (χ2v) is 7.28. The van der Waals surface area contributed by atoms with Crippen LogP contribution in [0.25, 0.3) is 0 Å². The van der Waals surface area contributed by atoms with Crippen LogP contribution in [-0.4, -0.2) is 12.6 Å². The summed E-state index contributed by atoms with van der Waals surface area (Å²) in [5.41, 5.74) is 0. The van der Waals surface area contributed by atoms with Crippen molar-refractivity contribution in [3.63, 3.8) is 0 Å². The van der Waals surface area contributed by atoms with E-state index in [1.54, 1.807) is 0 Å². The number of hydrogen-bond acceptors (Lipinski definition) is 1. The summed E-state index contributed by atoms with van der Waals surface area (Å²) in [6.07, 6.45) is 23.6. The van der Waals surface area contributed by atoms with Crippen molar-refractivity contribution in [3.05, 3.63) is 0 Å². The Kier molecular flexibility index (Phi) is 8.70. The van der Waals surface area contributed by atoms with E-state index < -0.39 is 0 Å². The molecule has 0 aromatic carbocycles. The van der Waals surface area contributed by atoms with Crippen LogP contribution >= 0.6 is 0 Å². The maximum atomic E-state index is 3.93. The highest BCUT2D eigenvalue weighted by atomic mass is 14.9. The lowest BCUT2D eigenvalue weighted by atomic mass is 9.86. The molecule has 1 heterocycles. The van der Waals surface area contributed by atoms with Crippen molar-refractivity contribution in [2.45, 2.75) is 109 Å². The van der Waals surface area contributed by atoms with E-state index in [-0.39, 0.29) is 0 Å². The van der Waals surface area contributed by atoms with Crippen LogP contribution in [0.2, 0.25) is 0 Å².